The molecule has 0 aliphatic carbocycles. The minimum atomic E-state index is -4.50. The molecule has 14 heavy (non-hydrogen) atoms. The van der Waals surface area contributed by atoms with Crippen LogP contribution in [-0.2, 0) is 6.18 Å². The predicted octanol–water partition coefficient (Wildman–Crippen LogP) is 3.61. The summed E-state index contributed by atoms with van der Waals surface area (Å²) in [6.45, 7) is 0. The molecule has 1 heterocycles. The first-order valence-corrected chi connectivity index (χ1v) is 4.40. The Balaban J connectivity index is 2.70. The Hall–Kier alpha value is -1.04. The molecule has 2 nitrogen and oxygen atoms in total. The summed E-state index contributed by atoms with van der Waals surface area (Å²) in [6, 6.07) is 4.29. The van der Waals surface area contributed by atoms with E-state index >= 15 is 0 Å². The lowest BCUT2D eigenvalue weighted by atomic mass is 10.2. The van der Waals surface area contributed by atoms with Gasteiger partial charge < -0.3 is 4.52 Å². The Morgan fingerprint density at radius 3 is 2.64 bits per heavy atom. The van der Waals surface area contributed by atoms with Crippen molar-refractivity contribution < 1.29 is 17.7 Å². The molecule has 0 bridgehead atoms. The zero-order valence-electron chi connectivity index (χ0n) is 6.60. The molecule has 0 atom stereocenters. The highest BCUT2D eigenvalue weighted by Gasteiger charge is 2.37. The van der Waals surface area contributed by atoms with Gasteiger partial charge in [0, 0.05) is 4.47 Å². The van der Waals surface area contributed by atoms with Gasteiger partial charge >= 0.3 is 6.18 Å². The SMILES string of the molecule is FC(F)(F)c1onc2cc(Br)ccc12. The number of halogens is 4. The second-order valence-corrected chi connectivity index (χ2v) is 3.59. The molecule has 0 unspecified atom stereocenters. The van der Waals surface area contributed by atoms with Gasteiger partial charge in [-0.25, -0.2) is 0 Å². The molecule has 1 aromatic carbocycles. The molecule has 0 radical (unpaired) electrons. The molecule has 0 aliphatic rings. The number of hydrogen-bond acceptors (Lipinski definition) is 2. The Kier molecular flexibility index (Phi) is 2.02. The summed E-state index contributed by atoms with van der Waals surface area (Å²) in [5.41, 5.74) is 0.187. The van der Waals surface area contributed by atoms with Crippen LogP contribution < -0.4 is 0 Å². The predicted molar refractivity (Wildman–Crippen MR) is 46.7 cm³/mol. The standard InChI is InChI=1S/C8H3BrF3NO/c9-4-1-2-5-6(3-4)13-14-7(5)8(10,11)12/h1-3H. The van der Waals surface area contributed by atoms with E-state index in [-0.39, 0.29) is 10.9 Å². The van der Waals surface area contributed by atoms with Gasteiger partial charge in [-0.1, -0.05) is 21.1 Å². The fraction of sp³-hybridized carbons (Fsp3) is 0.125. The van der Waals surface area contributed by atoms with Gasteiger partial charge in [0.2, 0.25) is 5.76 Å². The lowest BCUT2D eigenvalue weighted by Gasteiger charge is -2.00. The van der Waals surface area contributed by atoms with E-state index in [1.807, 2.05) is 0 Å². The van der Waals surface area contributed by atoms with Gasteiger partial charge in [0.1, 0.15) is 5.52 Å². The van der Waals surface area contributed by atoms with Crippen molar-refractivity contribution in [2.24, 2.45) is 0 Å². The summed E-state index contributed by atoms with van der Waals surface area (Å²) < 4.78 is 41.8. The molecule has 2 aromatic rings. The summed E-state index contributed by atoms with van der Waals surface area (Å²) in [7, 11) is 0. The zero-order valence-corrected chi connectivity index (χ0v) is 8.19. The lowest BCUT2D eigenvalue weighted by Crippen LogP contribution is -2.03. The van der Waals surface area contributed by atoms with Crippen LogP contribution in [0.4, 0.5) is 13.2 Å². The number of benzene rings is 1. The first-order chi connectivity index (χ1) is 6.48. The average Bonchev–Trinajstić information content (AvgIpc) is 2.45. The van der Waals surface area contributed by atoms with Crippen LogP contribution in [0.2, 0.25) is 0 Å². The van der Waals surface area contributed by atoms with Crippen molar-refractivity contribution in [2.75, 3.05) is 0 Å². The molecule has 0 spiro atoms. The summed E-state index contributed by atoms with van der Waals surface area (Å²) in [5.74, 6) is -1.06. The van der Waals surface area contributed by atoms with Gasteiger partial charge in [-0.3, -0.25) is 0 Å². The number of rotatable bonds is 0. The van der Waals surface area contributed by atoms with E-state index in [1.165, 1.54) is 18.2 Å². The largest absolute Gasteiger partial charge is 0.453 e. The highest BCUT2D eigenvalue weighted by Crippen LogP contribution is 2.35. The van der Waals surface area contributed by atoms with Gasteiger partial charge in [0.15, 0.2) is 0 Å². The van der Waals surface area contributed by atoms with Gasteiger partial charge in [0.05, 0.1) is 5.39 Å². The van der Waals surface area contributed by atoms with E-state index in [4.69, 9.17) is 0 Å². The molecule has 1 aromatic heterocycles. The molecule has 0 N–H and O–H groups in total. The average molecular weight is 266 g/mol. The van der Waals surface area contributed by atoms with Crippen molar-refractivity contribution in [1.82, 2.24) is 5.16 Å². The van der Waals surface area contributed by atoms with Crippen molar-refractivity contribution >= 4 is 26.8 Å². The van der Waals surface area contributed by atoms with E-state index in [1.54, 1.807) is 0 Å². The van der Waals surface area contributed by atoms with Crippen LogP contribution in [0.1, 0.15) is 5.76 Å². The molecule has 0 aliphatic heterocycles. The summed E-state index contributed by atoms with van der Waals surface area (Å²) in [4.78, 5) is 0. The van der Waals surface area contributed by atoms with Crippen LogP contribution >= 0.6 is 15.9 Å². The van der Waals surface area contributed by atoms with Gasteiger partial charge in [0.25, 0.3) is 0 Å². The van der Waals surface area contributed by atoms with E-state index in [0.29, 0.717) is 4.47 Å². The quantitative estimate of drug-likeness (QED) is 0.728. The minimum absolute atomic E-state index is 0.0271. The lowest BCUT2D eigenvalue weighted by molar-refractivity contribution is -0.154. The molecule has 74 valence electrons. The van der Waals surface area contributed by atoms with E-state index in [9.17, 15) is 13.2 Å². The van der Waals surface area contributed by atoms with Crippen LogP contribution in [0.3, 0.4) is 0 Å². The topological polar surface area (TPSA) is 26.0 Å². The van der Waals surface area contributed by atoms with Crippen molar-refractivity contribution in [3.8, 4) is 0 Å². The van der Waals surface area contributed by atoms with E-state index < -0.39 is 11.9 Å². The second-order valence-electron chi connectivity index (χ2n) is 2.67. The molecule has 2 rings (SSSR count). The summed E-state index contributed by atoms with van der Waals surface area (Å²) in [6.07, 6.45) is -4.50. The van der Waals surface area contributed by atoms with E-state index in [0.717, 1.165) is 0 Å². The maximum absolute atomic E-state index is 12.3. The minimum Gasteiger partial charge on any atom is -0.350 e. The van der Waals surface area contributed by atoms with Gasteiger partial charge in [-0.05, 0) is 18.2 Å². The van der Waals surface area contributed by atoms with Crippen molar-refractivity contribution in [1.29, 1.82) is 0 Å². The number of alkyl halides is 3. The first-order valence-electron chi connectivity index (χ1n) is 3.60. The van der Waals surface area contributed by atoms with Crippen LogP contribution in [0, 0.1) is 0 Å². The van der Waals surface area contributed by atoms with Crippen molar-refractivity contribution in [3.63, 3.8) is 0 Å². The Morgan fingerprint density at radius 1 is 1.29 bits per heavy atom. The van der Waals surface area contributed by atoms with Crippen LogP contribution in [0.15, 0.2) is 27.2 Å². The molecular formula is C8H3BrF3NO. The monoisotopic (exact) mass is 265 g/mol. The highest BCUT2D eigenvalue weighted by atomic mass is 79.9. The third kappa shape index (κ3) is 1.50. The summed E-state index contributed by atoms with van der Waals surface area (Å²) in [5, 5.41) is 3.29. The third-order valence-corrected chi connectivity index (χ3v) is 2.19. The third-order valence-electron chi connectivity index (χ3n) is 1.70. The van der Waals surface area contributed by atoms with Gasteiger partial charge in [-0.2, -0.15) is 13.2 Å². The molecule has 0 saturated heterocycles. The molecule has 0 amide bonds. The van der Waals surface area contributed by atoms with Crippen LogP contribution in [0.25, 0.3) is 10.9 Å². The number of nitrogens with zero attached hydrogens (tertiary/aromatic N) is 1. The molecule has 0 fully saturated rings. The number of fused-ring (bicyclic) bond motifs is 1. The van der Waals surface area contributed by atoms with Crippen LogP contribution in [-0.4, -0.2) is 5.16 Å². The number of aromatic nitrogens is 1. The van der Waals surface area contributed by atoms with Crippen LogP contribution in [0.5, 0.6) is 0 Å². The van der Waals surface area contributed by atoms with Crippen molar-refractivity contribution in [3.05, 3.63) is 28.4 Å². The second kappa shape index (κ2) is 2.98. The molecular weight excluding hydrogens is 263 g/mol. The maximum Gasteiger partial charge on any atom is 0.453 e. The normalized spacial score (nSPS) is 12.3. The Morgan fingerprint density at radius 2 is 2.00 bits per heavy atom. The Bertz CT molecular complexity index is 477. The van der Waals surface area contributed by atoms with Gasteiger partial charge in [-0.15, -0.1) is 0 Å². The summed E-state index contributed by atoms with van der Waals surface area (Å²) >= 11 is 3.13. The fourth-order valence-corrected chi connectivity index (χ4v) is 1.47. The fourth-order valence-electron chi connectivity index (χ4n) is 1.12. The first kappa shape index (κ1) is 9.51. The Labute approximate surface area is 84.8 Å². The molecule has 0 saturated carbocycles. The zero-order chi connectivity index (χ0) is 10.3. The molecule has 6 heteroatoms. The highest BCUT2D eigenvalue weighted by molar-refractivity contribution is 9.10. The van der Waals surface area contributed by atoms with E-state index in [2.05, 4.69) is 25.6 Å². The number of hydrogen-bond donors (Lipinski definition) is 0. The smallest absolute Gasteiger partial charge is 0.350 e. The van der Waals surface area contributed by atoms with Crippen molar-refractivity contribution in [2.45, 2.75) is 6.18 Å². The maximum atomic E-state index is 12.3.